The Labute approximate surface area is 188 Å². The van der Waals surface area contributed by atoms with E-state index in [-0.39, 0.29) is 4.32 Å². The number of nitrogens with zero attached hydrogens (tertiary/aromatic N) is 1. The summed E-state index contributed by atoms with van der Waals surface area (Å²) in [6, 6.07) is 12.7. The molecule has 1 amide bonds. The van der Waals surface area contributed by atoms with Crippen LogP contribution in [0.2, 0.25) is 5.02 Å². The minimum atomic E-state index is -1.12. The number of carboxylic acid groups (broad SMARTS) is 1. The van der Waals surface area contributed by atoms with Crippen LogP contribution in [0.4, 0.5) is 0 Å². The molecule has 1 aliphatic rings. The monoisotopic (exact) mass is 463 g/mol. The molecule has 0 bridgehead atoms. The molecule has 9 heteroatoms. The molecule has 1 N–H and O–H groups in total. The highest BCUT2D eigenvalue weighted by molar-refractivity contribution is 8.26. The zero-order valence-electron chi connectivity index (χ0n) is 16.0. The number of carbonyl (C=O) groups is 2. The fourth-order valence-corrected chi connectivity index (χ4v) is 4.05. The summed E-state index contributed by atoms with van der Waals surface area (Å²) >= 11 is 12.1. The van der Waals surface area contributed by atoms with Crippen LogP contribution in [0.1, 0.15) is 18.1 Å². The Kier molecular flexibility index (Phi) is 7.36. The first-order valence-electron chi connectivity index (χ1n) is 8.98. The summed E-state index contributed by atoms with van der Waals surface area (Å²) in [4.78, 5) is 24.8. The Morgan fingerprint density at radius 1 is 1.20 bits per heavy atom. The summed E-state index contributed by atoms with van der Waals surface area (Å²) in [7, 11) is 0. The third-order valence-corrected chi connectivity index (χ3v) is 5.67. The van der Waals surface area contributed by atoms with Crippen molar-refractivity contribution in [1.82, 2.24) is 4.90 Å². The van der Waals surface area contributed by atoms with E-state index in [9.17, 15) is 9.59 Å². The molecule has 0 radical (unpaired) electrons. The number of hydrogen-bond donors (Lipinski definition) is 1. The van der Waals surface area contributed by atoms with Crippen LogP contribution in [-0.2, 0) is 16.2 Å². The van der Waals surface area contributed by atoms with Crippen LogP contribution in [0.25, 0.3) is 6.08 Å². The molecule has 2 aromatic rings. The molecule has 0 atom stereocenters. The van der Waals surface area contributed by atoms with E-state index in [0.717, 1.165) is 22.2 Å². The Bertz CT molecular complexity index is 1010. The van der Waals surface area contributed by atoms with E-state index >= 15 is 0 Å². The molecule has 156 valence electrons. The standard InChI is InChI=1S/C21H18ClNO5S2/c1-2-27-17-9-14(10-18-20(26)23(11-19(24)25)21(29)30-18)5-8-16(17)28-12-13-3-6-15(22)7-4-13/h3-10H,2,11-12H2,1H3,(H,24,25). The van der Waals surface area contributed by atoms with E-state index in [2.05, 4.69) is 0 Å². The van der Waals surface area contributed by atoms with Gasteiger partial charge in [-0.25, -0.2) is 0 Å². The summed E-state index contributed by atoms with van der Waals surface area (Å²) in [6.07, 6.45) is 1.66. The first-order valence-corrected chi connectivity index (χ1v) is 10.6. The minimum Gasteiger partial charge on any atom is -0.490 e. The van der Waals surface area contributed by atoms with Gasteiger partial charge < -0.3 is 14.6 Å². The van der Waals surface area contributed by atoms with Crippen LogP contribution in [-0.4, -0.2) is 39.4 Å². The molecule has 0 saturated carbocycles. The average Bonchev–Trinajstić information content (AvgIpc) is 2.96. The van der Waals surface area contributed by atoms with Gasteiger partial charge in [0.2, 0.25) is 0 Å². The highest BCUT2D eigenvalue weighted by Crippen LogP contribution is 2.35. The van der Waals surface area contributed by atoms with Crippen LogP contribution < -0.4 is 9.47 Å². The van der Waals surface area contributed by atoms with Crippen molar-refractivity contribution in [1.29, 1.82) is 0 Å². The summed E-state index contributed by atoms with van der Waals surface area (Å²) in [5.74, 6) is -0.426. The molecule has 0 aliphatic carbocycles. The number of amides is 1. The van der Waals surface area contributed by atoms with Gasteiger partial charge >= 0.3 is 5.97 Å². The molecule has 1 saturated heterocycles. The van der Waals surface area contributed by atoms with Gasteiger partial charge in [0.05, 0.1) is 11.5 Å². The van der Waals surface area contributed by atoms with E-state index in [0.29, 0.717) is 40.2 Å². The largest absolute Gasteiger partial charge is 0.490 e. The van der Waals surface area contributed by atoms with E-state index < -0.39 is 18.4 Å². The van der Waals surface area contributed by atoms with E-state index in [1.54, 1.807) is 36.4 Å². The fourth-order valence-electron chi connectivity index (χ4n) is 2.67. The molecule has 0 unspecified atom stereocenters. The third kappa shape index (κ3) is 5.53. The van der Waals surface area contributed by atoms with Crippen LogP contribution >= 0.6 is 35.6 Å². The molecule has 30 heavy (non-hydrogen) atoms. The predicted molar refractivity (Wildman–Crippen MR) is 121 cm³/mol. The average molecular weight is 464 g/mol. The molecule has 6 nitrogen and oxygen atoms in total. The Morgan fingerprint density at radius 3 is 2.60 bits per heavy atom. The van der Waals surface area contributed by atoms with Crippen LogP contribution in [0.5, 0.6) is 11.5 Å². The predicted octanol–water partition coefficient (Wildman–Crippen LogP) is 4.60. The minimum absolute atomic E-state index is 0.224. The Balaban J connectivity index is 1.78. The molecule has 1 aliphatic heterocycles. The second-order valence-corrected chi connectivity index (χ2v) is 8.33. The molecule has 1 fully saturated rings. The number of rotatable bonds is 8. The van der Waals surface area contributed by atoms with Gasteiger partial charge in [-0.1, -0.05) is 53.8 Å². The van der Waals surface area contributed by atoms with Crippen LogP contribution in [0, 0.1) is 0 Å². The van der Waals surface area contributed by atoms with Gasteiger partial charge in [0.15, 0.2) is 11.5 Å². The zero-order chi connectivity index (χ0) is 21.7. The smallest absolute Gasteiger partial charge is 0.323 e. The van der Waals surface area contributed by atoms with Gasteiger partial charge in [-0.3, -0.25) is 14.5 Å². The third-order valence-electron chi connectivity index (χ3n) is 4.04. The van der Waals surface area contributed by atoms with Crippen LogP contribution in [0.15, 0.2) is 47.4 Å². The lowest BCUT2D eigenvalue weighted by Gasteiger charge is -2.13. The van der Waals surface area contributed by atoms with Gasteiger partial charge in [0.1, 0.15) is 17.5 Å². The molecule has 1 heterocycles. The number of halogens is 1. The van der Waals surface area contributed by atoms with E-state index in [1.165, 1.54) is 0 Å². The molecule has 3 rings (SSSR count). The number of thioether (sulfide) groups is 1. The molecule has 0 aromatic heterocycles. The molecule has 2 aromatic carbocycles. The Morgan fingerprint density at radius 2 is 1.93 bits per heavy atom. The number of hydrogen-bond acceptors (Lipinski definition) is 6. The second kappa shape index (κ2) is 9.97. The summed E-state index contributed by atoms with van der Waals surface area (Å²) in [5, 5.41) is 9.60. The first kappa shape index (κ1) is 22.1. The summed E-state index contributed by atoms with van der Waals surface area (Å²) in [6.45, 7) is 2.21. The number of carboxylic acids is 1. The van der Waals surface area contributed by atoms with Gasteiger partial charge in [-0.2, -0.15) is 0 Å². The fraction of sp³-hybridized carbons (Fsp3) is 0.190. The lowest BCUT2D eigenvalue weighted by Crippen LogP contribution is -2.33. The number of carbonyl (C=O) groups excluding carboxylic acids is 1. The van der Waals surface area contributed by atoms with E-state index in [1.807, 2.05) is 19.1 Å². The maximum absolute atomic E-state index is 12.4. The quantitative estimate of drug-likeness (QED) is 0.452. The highest BCUT2D eigenvalue weighted by atomic mass is 35.5. The topological polar surface area (TPSA) is 76.1 Å². The van der Waals surface area contributed by atoms with Gasteiger partial charge in [-0.15, -0.1) is 0 Å². The normalized spacial score (nSPS) is 15.0. The summed E-state index contributed by atoms with van der Waals surface area (Å²) in [5.41, 5.74) is 1.68. The van der Waals surface area contributed by atoms with Crippen LogP contribution in [0.3, 0.4) is 0 Å². The number of benzene rings is 2. The SMILES string of the molecule is CCOc1cc(C=C2SC(=S)N(CC(=O)O)C2=O)ccc1OCc1ccc(Cl)cc1. The van der Waals surface area contributed by atoms with Crippen molar-refractivity contribution in [3.8, 4) is 11.5 Å². The number of ether oxygens (including phenoxy) is 2. The maximum atomic E-state index is 12.4. The molecule has 0 spiro atoms. The number of thiocarbonyl (C=S) groups is 1. The summed E-state index contributed by atoms with van der Waals surface area (Å²) < 4.78 is 11.8. The van der Waals surface area contributed by atoms with Gasteiger partial charge in [-0.05, 0) is 48.4 Å². The first-order chi connectivity index (χ1) is 14.4. The van der Waals surface area contributed by atoms with Crippen molar-refractivity contribution >= 4 is 57.9 Å². The molecular weight excluding hydrogens is 446 g/mol. The van der Waals surface area contributed by atoms with Gasteiger partial charge in [0, 0.05) is 5.02 Å². The molecular formula is C21H18ClNO5S2. The van der Waals surface area contributed by atoms with Crippen molar-refractivity contribution in [2.75, 3.05) is 13.2 Å². The van der Waals surface area contributed by atoms with Crippen molar-refractivity contribution in [3.63, 3.8) is 0 Å². The second-order valence-electron chi connectivity index (χ2n) is 6.22. The van der Waals surface area contributed by atoms with Crippen molar-refractivity contribution in [2.24, 2.45) is 0 Å². The van der Waals surface area contributed by atoms with Crippen molar-refractivity contribution < 1.29 is 24.2 Å². The Hall–Kier alpha value is -2.55. The van der Waals surface area contributed by atoms with Crippen molar-refractivity contribution in [3.05, 3.63) is 63.5 Å². The van der Waals surface area contributed by atoms with E-state index in [4.69, 9.17) is 38.4 Å². The lowest BCUT2D eigenvalue weighted by molar-refractivity contribution is -0.140. The number of aliphatic carboxylic acids is 1. The van der Waals surface area contributed by atoms with Gasteiger partial charge in [0.25, 0.3) is 5.91 Å². The zero-order valence-corrected chi connectivity index (χ0v) is 18.4. The van der Waals surface area contributed by atoms with Crippen molar-refractivity contribution in [2.45, 2.75) is 13.5 Å². The lowest BCUT2D eigenvalue weighted by atomic mass is 10.1. The maximum Gasteiger partial charge on any atom is 0.323 e. The highest BCUT2D eigenvalue weighted by Gasteiger charge is 2.33.